The molecule has 1 aromatic rings. The molecular formula is C16H19NO5. The van der Waals surface area contributed by atoms with Crippen LogP contribution in [0.2, 0.25) is 0 Å². The summed E-state index contributed by atoms with van der Waals surface area (Å²) < 4.78 is 15.0. The van der Waals surface area contributed by atoms with Crippen LogP contribution in [0.1, 0.15) is 6.92 Å². The summed E-state index contributed by atoms with van der Waals surface area (Å²) in [5.74, 6) is -0.0129. The van der Waals surface area contributed by atoms with Crippen LogP contribution in [-0.4, -0.2) is 32.7 Å². The number of methoxy groups -OCH3 is 2. The van der Waals surface area contributed by atoms with Crippen molar-refractivity contribution in [1.29, 1.82) is 0 Å². The number of esters is 1. The minimum atomic E-state index is -0.592. The fourth-order valence-electron chi connectivity index (χ4n) is 1.53. The van der Waals surface area contributed by atoms with E-state index in [0.29, 0.717) is 17.2 Å². The van der Waals surface area contributed by atoms with Crippen LogP contribution in [0.4, 0.5) is 5.69 Å². The maximum atomic E-state index is 11.8. The second-order valence-electron chi connectivity index (χ2n) is 4.11. The second-order valence-corrected chi connectivity index (χ2v) is 4.11. The van der Waals surface area contributed by atoms with Crippen LogP contribution in [-0.2, 0) is 14.3 Å². The molecule has 0 saturated heterocycles. The number of benzene rings is 1. The Hall–Kier alpha value is -2.76. The molecule has 6 nitrogen and oxygen atoms in total. The first-order valence-corrected chi connectivity index (χ1v) is 6.58. The zero-order valence-electron chi connectivity index (χ0n) is 12.8. The Balaban J connectivity index is 2.59. The number of carbonyl (C=O) groups excluding carboxylic acids is 2. The van der Waals surface area contributed by atoms with E-state index in [-0.39, 0.29) is 6.61 Å². The average molecular weight is 305 g/mol. The Morgan fingerprint density at radius 1 is 1.18 bits per heavy atom. The van der Waals surface area contributed by atoms with Crippen molar-refractivity contribution in [2.45, 2.75) is 6.92 Å². The number of carbonyl (C=O) groups is 2. The second kappa shape index (κ2) is 9.23. The highest BCUT2D eigenvalue weighted by atomic mass is 16.5. The summed E-state index contributed by atoms with van der Waals surface area (Å²) in [6, 6.07) is 4.99. The van der Waals surface area contributed by atoms with Gasteiger partial charge < -0.3 is 19.5 Å². The van der Waals surface area contributed by atoms with Crippen molar-refractivity contribution in [2.75, 3.05) is 26.1 Å². The van der Waals surface area contributed by atoms with Crippen molar-refractivity contribution in [3.8, 4) is 11.5 Å². The van der Waals surface area contributed by atoms with E-state index in [9.17, 15) is 9.59 Å². The van der Waals surface area contributed by atoms with Gasteiger partial charge in [-0.1, -0.05) is 18.2 Å². The average Bonchev–Trinajstić information content (AvgIpc) is 2.53. The molecule has 118 valence electrons. The summed E-state index contributed by atoms with van der Waals surface area (Å²) in [5.41, 5.74) is 0.437. The lowest BCUT2D eigenvalue weighted by molar-refractivity contribution is -0.142. The van der Waals surface area contributed by atoms with Crippen molar-refractivity contribution in [3.05, 3.63) is 42.5 Å². The highest BCUT2D eigenvalue weighted by molar-refractivity contribution is 5.95. The van der Waals surface area contributed by atoms with Crippen molar-refractivity contribution in [1.82, 2.24) is 0 Å². The van der Waals surface area contributed by atoms with Crippen molar-refractivity contribution in [3.63, 3.8) is 0 Å². The Kier molecular flexibility index (Phi) is 7.25. The number of hydrogen-bond acceptors (Lipinski definition) is 5. The van der Waals surface area contributed by atoms with Gasteiger partial charge in [0.25, 0.3) is 5.91 Å². The summed E-state index contributed by atoms with van der Waals surface area (Å²) in [4.78, 5) is 23.1. The number of amides is 1. The minimum Gasteiger partial charge on any atom is -0.497 e. The number of hydrogen-bond donors (Lipinski definition) is 1. The topological polar surface area (TPSA) is 73.9 Å². The predicted molar refractivity (Wildman–Crippen MR) is 83.1 cm³/mol. The lowest BCUT2D eigenvalue weighted by atomic mass is 10.2. The molecule has 0 heterocycles. The normalized spacial score (nSPS) is 10.7. The highest BCUT2D eigenvalue weighted by Crippen LogP contribution is 2.28. The van der Waals surface area contributed by atoms with Gasteiger partial charge in [-0.2, -0.15) is 0 Å². The zero-order valence-corrected chi connectivity index (χ0v) is 12.8. The predicted octanol–water partition coefficient (Wildman–Crippen LogP) is 2.32. The molecule has 0 fully saturated rings. The van der Waals surface area contributed by atoms with Crippen LogP contribution in [0.25, 0.3) is 0 Å². The first-order chi connectivity index (χ1) is 10.6. The molecule has 1 N–H and O–H groups in total. The smallest absolute Gasteiger partial charge is 0.331 e. The molecule has 1 rings (SSSR count). The van der Waals surface area contributed by atoms with Gasteiger partial charge in [0.2, 0.25) is 0 Å². The van der Waals surface area contributed by atoms with Crippen molar-refractivity contribution >= 4 is 17.6 Å². The highest BCUT2D eigenvalue weighted by Gasteiger charge is 2.10. The van der Waals surface area contributed by atoms with Crippen LogP contribution < -0.4 is 14.8 Å². The molecule has 0 aliphatic carbocycles. The van der Waals surface area contributed by atoms with E-state index >= 15 is 0 Å². The number of nitrogens with one attached hydrogen (secondary N) is 1. The van der Waals surface area contributed by atoms with Crippen LogP contribution >= 0.6 is 0 Å². The SMILES string of the molecule is C/C=C/C=C/C(=O)OCC(=O)Nc1cc(OC)ccc1OC. The third-order valence-electron chi connectivity index (χ3n) is 2.56. The van der Waals surface area contributed by atoms with E-state index in [1.807, 2.05) is 6.92 Å². The molecule has 0 bridgehead atoms. The molecule has 1 amide bonds. The fourth-order valence-corrected chi connectivity index (χ4v) is 1.53. The molecular weight excluding hydrogens is 286 g/mol. The summed E-state index contributed by atoms with van der Waals surface area (Å²) in [6.45, 7) is 1.43. The van der Waals surface area contributed by atoms with E-state index in [1.54, 1.807) is 30.4 Å². The van der Waals surface area contributed by atoms with Gasteiger partial charge in [0.15, 0.2) is 6.61 Å². The van der Waals surface area contributed by atoms with Crippen LogP contribution in [0.5, 0.6) is 11.5 Å². The molecule has 0 atom stereocenters. The van der Waals surface area contributed by atoms with Gasteiger partial charge in [0.1, 0.15) is 11.5 Å². The largest absolute Gasteiger partial charge is 0.497 e. The first kappa shape index (κ1) is 17.3. The van der Waals surface area contributed by atoms with Gasteiger partial charge in [-0.3, -0.25) is 4.79 Å². The fraction of sp³-hybridized carbons (Fsp3) is 0.250. The van der Waals surface area contributed by atoms with Crippen molar-refractivity contribution in [2.24, 2.45) is 0 Å². The maximum Gasteiger partial charge on any atom is 0.331 e. The van der Waals surface area contributed by atoms with Gasteiger partial charge in [0.05, 0.1) is 19.9 Å². The lowest BCUT2D eigenvalue weighted by Gasteiger charge is -2.11. The Labute approximate surface area is 129 Å². The minimum absolute atomic E-state index is 0.390. The van der Waals surface area contributed by atoms with Gasteiger partial charge in [-0.05, 0) is 19.1 Å². The molecule has 0 spiro atoms. The standard InChI is InChI=1S/C16H19NO5/c1-4-5-6-7-16(19)22-11-15(18)17-13-10-12(20-2)8-9-14(13)21-3/h4-10H,11H2,1-3H3,(H,17,18)/b5-4+,7-6+. The molecule has 1 aromatic carbocycles. The third-order valence-corrected chi connectivity index (χ3v) is 2.56. The molecule has 0 radical (unpaired) electrons. The van der Waals surface area contributed by atoms with E-state index in [2.05, 4.69) is 5.32 Å². The molecule has 0 aliphatic heterocycles. The van der Waals surface area contributed by atoms with Crippen molar-refractivity contribution < 1.29 is 23.8 Å². The van der Waals surface area contributed by atoms with Gasteiger partial charge >= 0.3 is 5.97 Å². The van der Waals surface area contributed by atoms with E-state index in [0.717, 1.165) is 0 Å². The molecule has 6 heteroatoms. The number of ether oxygens (including phenoxy) is 3. The Morgan fingerprint density at radius 2 is 1.95 bits per heavy atom. The van der Waals surface area contributed by atoms with E-state index in [4.69, 9.17) is 14.2 Å². The van der Waals surface area contributed by atoms with Crippen LogP contribution in [0, 0.1) is 0 Å². The van der Waals surface area contributed by atoms with Crippen LogP contribution in [0.3, 0.4) is 0 Å². The summed E-state index contributed by atoms with van der Waals surface area (Å²) in [7, 11) is 3.01. The maximum absolute atomic E-state index is 11.8. The van der Waals surface area contributed by atoms with E-state index in [1.165, 1.54) is 26.4 Å². The molecule has 0 aromatic heterocycles. The molecule has 0 aliphatic rings. The van der Waals surface area contributed by atoms with Crippen LogP contribution in [0.15, 0.2) is 42.5 Å². The Bertz CT molecular complexity index is 578. The number of rotatable bonds is 7. The van der Waals surface area contributed by atoms with E-state index < -0.39 is 11.9 Å². The number of anilines is 1. The number of allylic oxidation sites excluding steroid dienone is 3. The van der Waals surface area contributed by atoms with Gasteiger partial charge in [-0.25, -0.2) is 4.79 Å². The quantitative estimate of drug-likeness (QED) is 0.475. The van der Waals surface area contributed by atoms with Gasteiger partial charge in [-0.15, -0.1) is 0 Å². The summed E-state index contributed by atoms with van der Waals surface area (Å²) >= 11 is 0. The Morgan fingerprint density at radius 3 is 2.59 bits per heavy atom. The zero-order chi connectivity index (χ0) is 16.4. The monoisotopic (exact) mass is 305 g/mol. The third kappa shape index (κ3) is 5.70. The molecule has 0 unspecified atom stereocenters. The van der Waals surface area contributed by atoms with Gasteiger partial charge in [0, 0.05) is 12.1 Å². The summed E-state index contributed by atoms with van der Waals surface area (Å²) in [6.07, 6.45) is 6.22. The summed E-state index contributed by atoms with van der Waals surface area (Å²) in [5, 5.41) is 2.60. The first-order valence-electron chi connectivity index (χ1n) is 6.58. The molecule has 0 saturated carbocycles. The molecule has 22 heavy (non-hydrogen) atoms. The lowest BCUT2D eigenvalue weighted by Crippen LogP contribution is -2.20.